The highest BCUT2D eigenvalue weighted by Gasteiger charge is 2.21. The van der Waals surface area contributed by atoms with Crippen LogP contribution in [0.25, 0.3) is 11.3 Å². The van der Waals surface area contributed by atoms with Crippen LogP contribution in [0.2, 0.25) is 0 Å². The summed E-state index contributed by atoms with van der Waals surface area (Å²) in [6, 6.07) is 1.69. The van der Waals surface area contributed by atoms with E-state index in [1.165, 1.54) is 0 Å². The number of aromatic nitrogens is 1. The van der Waals surface area contributed by atoms with Crippen LogP contribution in [-0.2, 0) is 0 Å². The lowest BCUT2D eigenvalue weighted by Crippen LogP contribution is -1.92. The predicted octanol–water partition coefficient (Wildman–Crippen LogP) is 2.35. The Morgan fingerprint density at radius 1 is 1.39 bits per heavy atom. The van der Waals surface area contributed by atoms with Gasteiger partial charge in [0.25, 0.3) is 0 Å². The van der Waals surface area contributed by atoms with Gasteiger partial charge in [-0.05, 0) is 15.9 Å². The third-order valence-electron chi connectivity index (χ3n) is 2.15. The highest BCUT2D eigenvalue weighted by Crippen LogP contribution is 2.42. The van der Waals surface area contributed by atoms with Gasteiger partial charge in [0.1, 0.15) is 11.5 Å². The number of carboxylic acids is 1. The lowest BCUT2D eigenvalue weighted by atomic mass is 10.1. The third kappa shape index (κ3) is 1.90. The van der Waals surface area contributed by atoms with E-state index in [0.29, 0.717) is 6.07 Å². The van der Waals surface area contributed by atoms with Gasteiger partial charge < -0.3 is 19.8 Å². The molecule has 0 saturated heterocycles. The fourth-order valence-corrected chi connectivity index (χ4v) is 1.92. The number of benzene rings is 1. The SMILES string of the molecule is O=C(O)c1cc(-c2c(F)cc(O)c(O)c2Br)no1. The van der Waals surface area contributed by atoms with Crippen LogP contribution in [0.5, 0.6) is 11.5 Å². The zero-order chi connectivity index (χ0) is 13.4. The Balaban J connectivity index is 2.63. The molecule has 18 heavy (non-hydrogen) atoms. The Morgan fingerprint density at radius 3 is 2.61 bits per heavy atom. The van der Waals surface area contributed by atoms with Crippen LogP contribution in [0.4, 0.5) is 4.39 Å². The molecule has 1 aromatic heterocycles. The van der Waals surface area contributed by atoms with Crippen molar-refractivity contribution in [3.8, 4) is 22.8 Å². The number of aromatic carboxylic acids is 1. The van der Waals surface area contributed by atoms with Gasteiger partial charge in [0.15, 0.2) is 11.5 Å². The summed E-state index contributed by atoms with van der Waals surface area (Å²) >= 11 is 2.89. The summed E-state index contributed by atoms with van der Waals surface area (Å²) in [6.45, 7) is 0. The van der Waals surface area contributed by atoms with Crippen LogP contribution in [0.3, 0.4) is 0 Å². The van der Waals surface area contributed by atoms with Crippen molar-refractivity contribution in [1.82, 2.24) is 5.16 Å². The number of hydrogen-bond acceptors (Lipinski definition) is 5. The largest absolute Gasteiger partial charge is 0.504 e. The van der Waals surface area contributed by atoms with Crippen molar-refractivity contribution in [2.24, 2.45) is 0 Å². The molecular formula is C10H5BrFNO5. The van der Waals surface area contributed by atoms with Crippen molar-refractivity contribution < 1.29 is 29.0 Å². The molecule has 0 atom stereocenters. The van der Waals surface area contributed by atoms with Crippen LogP contribution >= 0.6 is 15.9 Å². The summed E-state index contributed by atoms with van der Waals surface area (Å²) < 4.78 is 18.0. The van der Waals surface area contributed by atoms with Gasteiger partial charge in [-0.25, -0.2) is 9.18 Å². The molecule has 0 saturated carbocycles. The number of phenols is 2. The van der Waals surface area contributed by atoms with E-state index in [-0.39, 0.29) is 15.7 Å². The molecule has 0 bridgehead atoms. The smallest absolute Gasteiger partial charge is 0.374 e. The van der Waals surface area contributed by atoms with E-state index < -0.39 is 29.0 Å². The summed E-state index contributed by atoms with van der Waals surface area (Å²) in [5.41, 5.74) is -0.325. The molecule has 2 aromatic rings. The fraction of sp³-hybridized carbons (Fsp3) is 0. The van der Waals surface area contributed by atoms with E-state index in [9.17, 15) is 19.4 Å². The molecule has 0 aliphatic heterocycles. The molecule has 0 fully saturated rings. The van der Waals surface area contributed by atoms with E-state index in [1.54, 1.807) is 0 Å². The normalized spacial score (nSPS) is 10.6. The average molecular weight is 318 g/mol. The first-order valence-electron chi connectivity index (χ1n) is 4.52. The summed E-state index contributed by atoms with van der Waals surface area (Å²) in [7, 11) is 0. The second-order valence-corrected chi connectivity index (χ2v) is 4.09. The number of aromatic hydroxyl groups is 2. The highest BCUT2D eigenvalue weighted by molar-refractivity contribution is 9.10. The topological polar surface area (TPSA) is 104 Å². The van der Waals surface area contributed by atoms with E-state index in [4.69, 9.17) is 5.11 Å². The van der Waals surface area contributed by atoms with Gasteiger partial charge in [0.2, 0.25) is 5.76 Å². The first-order chi connectivity index (χ1) is 8.41. The van der Waals surface area contributed by atoms with Gasteiger partial charge in [-0.2, -0.15) is 0 Å². The number of hydrogen-bond donors (Lipinski definition) is 3. The molecule has 94 valence electrons. The van der Waals surface area contributed by atoms with Crippen molar-refractivity contribution in [3.63, 3.8) is 0 Å². The Hall–Kier alpha value is -2.09. The Kier molecular flexibility index (Phi) is 2.95. The average Bonchev–Trinajstić information content (AvgIpc) is 2.75. The fourth-order valence-electron chi connectivity index (χ4n) is 1.32. The van der Waals surface area contributed by atoms with Crippen molar-refractivity contribution in [2.45, 2.75) is 0 Å². The maximum Gasteiger partial charge on any atom is 0.374 e. The molecule has 0 aliphatic carbocycles. The van der Waals surface area contributed by atoms with E-state index in [0.717, 1.165) is 6.07 Å². The van der Waals surface area contributed by atoms with Crippen LogP contribution in [-0.4, -0.2) is 26.4 Å². The molecule has 0 aliphatic rings. The second kappa shape index (κ2) is 4.30. The lowest BCUT2D eigenvalue weighted by Gasteiger charge is -2.06. The Morgan fingerprint density at radius 2 is 2.06 bits per heavy atom. The van der Waals surface area contributed by atoms with Crippen molar-refractivity contribution >= 4 is 21.9 Å². The molecular weight excluding hydrogens is 313 g/mol. The molecule has 1 heterocycles. The number of halogens is 2. The molecule has 8 heteroatoms. The number of carboxylic acid groups (broad SMARTS) is 1. The van der Waals surface area contributed by atoms with Gasteiger partial charge in [-0.3, -0.25) is 0 Å². The van der Waals surface area contributed by atoms with Crippen LogP contribution < -0.4 is 0 Å². The molecule has 1 aromatic carbocycles. The summed E-state index contributed by atoms with van der Waals surface area (Å²) in [5, 5.41) is 30.7. The van der Waals surface area contributed by atoms with Crippen LogP contribution in [0.15, 0.2) is 21.1 Å². The second-order valence-electron chi connectivity index (χ2n) is 3.30. The van der Waals surface area contributed by atoms with E-state index in [1.807, 2.05) is 0 Å². The molecule has 2 rings (SSSR count). The van der Waals surface area contributed by atoms with Crippen molar-refractivity contribution in [1.29, 1.82) is 0 Å². The summed E-state index contributed by atoms with van der Waals surface area (Å²) in [4.78, 5) is 10.6. The Bertz CT molecular complexity index is 639. The Labute approximate surface area is 107 Å². The number of rotatable bonds is 2. The first-order valence-corrected chi connectivity index (χ1v) is 5.31. The van der Waals surface area contributed by atoms with Crippen LogP contribution in [0.1, 0.15) is 10.6 Å². The van der Waals surface area contributed by atoms with Gasteiger partial charge in [0, 0.05) is 12.1 Å². The highest BCUT2D eigenvalue weighted by atomic mass is 79.9. The van der Waals surface area contributed by atoms with Gasteiger partial charge in [-0.1, -0.05) is 5.16 Å². The number of nitrogens with zero attached hydrogens (tertiary/aromatic N) is 1. The van der Waals surface area contributed by atoms with Gasteiger partial charge in [0.05, 0.1) is 10.0 Å². The zero-order valence-corrected chi connectivity index (χ0v) is 10.1. The predicted molar refractivity (Wildman–Crippen MR) is 59.9 cm³/mol. The minimum Gasteiger partial charge on any atom is -0.504 e. The van der Waals surface area contributed by atoms with E-state index in [2.05, 4.69) is 25.6 Å². The standard InChI is InChI=1S/C10H5BrFNO5/c11-8-7(3(12)1-5(14)9(8)15)4-2-6(10(16)17)18-13-4/h1-2,14-15H,(H,16,17). The number of carbonyl (C=O) groups is 1. The van der Waals surface area contributed by atoms with Crippen LogP contribution in [0, 0.1) is 5.82 Å². The molecule has 6 nitrogen and oxygen atoms in total. The summed E-state index contributed by atoms with van der Waals surface area (Å²) in [5.74, 6) is -3.93. The van der Waals surface area contributed by atoms with Crippen molar-refractivity contribution in [3.05, 3.63) is 28.2 Å². The molecule has 0 radical (unpaired) electrons. The minimum atomic E-state index is -1.35. The zero-order valence-electron chi connectivity index (χ0n) is 8.52. The monoisotopic (exact) mass is 317 g/mol. The van der Waals surface area contributed by atoms with Gasteiger partial charge >= 0.3 is 5.97 Å². The first kappa shape index (κ1) is 12.4. The maximum atomic E-state index is 13.7. The third-order valence-corrected chi connectivity index (χ3v) is 2.92. The van der Waals surface area contributed by atoms with E-state index >= 15 is 0 Å². The van der Waals surface area contributed by atoms with Gasteiger partial charge in [-0.15, -0.1) is 0 Å². The molecule has 0 amide bonds. The molecule has 3 N–H and O–H groups in total. The number of phenolic OH excluding ortho intramolecular Hbond substituents is 2. The lowest BCUT2D eigenvalue weighted by molar-refractivity contribution is 0.0652. The van der Waals surface area contributed by atoms with Crippen molar-refractivity contribution in [2.75, 3.05) is 0 Å². The summed E-state index contributed by atoms with van der Waals surface area (Å²) in [6.07, 6.45) is 0. The molecule has 0 spiro atoms. The quantitative estimate of drug-likeness (QED) is 0.734. The minimum absolute atomic E-state index is 0.118. The molecule has 0 unspecified atom stereocenters. The maximum absolute atomic E-state index is 13.7.